The molecule has 1 aliphatic rings. The molecule has 1 atom stereocenters. The summed E-state index contributed by atoms with van der Waals surface area (Å²) in [6.07, 6.45) is 0.551. The average molecular weight is 107 g/mol. The van der Waals surface area contributed by atoms with Crippen LogP contribution in [0.3, 0.4) is 0 Å². The summed E-state index contributed by atoms with van der Waals surface area (Å²) in [6.45, 7) is 0.481. The summed E-state index contributed by atoms with van der Waals surface area (Å²) in [4.78, 5) is 4.27. The van der Waals surface area contributed by atoms with E-state index in [4.69, 9.17) is 0 Å². The third-order valence-corrected chi connectivity index (χ3v) is 1.31. The molecule has 1 radical (unpaired) electrons. The molecular weight excluding hydrogens is 103 g/mol. The number of hydrogen-bond acceptors (Lipinski definition) is 3. The van der Waals surface area contributed by atoms with Crippen molar-refractivity contribution in [2.24, 2.45) is 0 Å². The van der Waals surface area contributed by atoms with Gasteiger partial charge in [0, 0.05) is 0 Å². The van der Waals surface area contributed by atoms with Crippen molar-refractivity contribution in [2.45, 2.75) is 0 Å². The molecule has 1 heterocycles. The van der Waals surface area contributed by atoms with E-state index in [-0.39, 0.29) is 0 Å². The topological polar surface area (TPSA) is 35.5 Å². The lowest BCUT2D eigenvalue weighted by Gasteiger charge is -1.76. The van der Waals surface area contributed by atoms with Crippen LogP contribution in [-0.2, 0) is 14.1 Å². The Hall–Kier alpha value is 0.0200. The van der Waals surface area contributed by atoms with E-state index in [9.17, 15) is 4.57 Å². The van der Waals surface area contributed by atoms with Gasteiger partial charge in [-0.1, -0.05) is 0 Å². The van der Waals surface area contributed by atoms with Crippen molar-refractivity contribution in [1.29, 1.82) is 0 Å². The molecule has 1 rings (SSSR count). The van der Waals surface area contributed by atoms with E-state index in [1.165, 1.54) is 0 Å². The van der Waals surface area contributed by atoms with Crippen LogP contribution in [0.1, 0.15) is 0 Å². The highest BCUT2D eigenvalue weighted by molar-refractivity contribution is 7.39. The zero-order valence-electron chi connectivity index (χ0n) is 3.09. The first-order valence-electron chi connectivity index (χ1n) is 1.64. The van der Waals surface area contributed by atoms with Crippen LogP contribution < -0.4 is 0 Å². The molecule has 0 bridgehead atoms. The first kappa shape index (κ1) is 4.19. The zero-order valence-corrected chi connectivity index (χ0v) is 3.98. The SMILES string of the molecule is O=[P]1CCOO1. The molecule has 0 spiro atoms. The van der Waals surface area contributed by atoms with Crippen LogP contribution in [0.4, 0.5) is 0 Å². The quantitative estimate of drug-likeness (QED) is 0.337. The van der Waals surface area contributed by atoms with Crippen LogP contribution in [0.15, 0.2) is 0 Å². The minimum atomic E-state index is -1.44. The van der Waals surface area contributed by atoms with Gasteiger partial charge in [-0.3, -0.25) is 4.57 Å². The third-order valence-electron chi connectivity index (χ3n) is 0.493. The Bertz CT molecular complexity index is 63.2. The molecule has 1 saturated heterocycles. The molecule has 4 heteroatoms. The fourth-order valence-corrected chi connectivity index (χ4v) is 0.735. The van der Waals surface area contributed by atoms with Gasteiger partial charge in [0.2, 0.25) is 8.03 Å². The fourth-order valence-electron chi connectivity index (χ4n) is 0.245. The minimum Gasteiger partial charge on any atom is -0.253 e. The van der Waals surface area contributed by atoms with E-state index in [2.05, 4.69) is 9.56 Å². The van der Waals surface area contributed by atoms with Crippen LogP contribution in [0.5, 0.6) is 0 Å². The van der Waals surface area contributed by atoms with Gasteiger partial charge < -0.3 is 0 Å². The maximum atomic E-state index is 10.0. The first-order chi connectivity index (χ1) is 2.89. The average Bonchev–Trinajstić information content (AvgIpc) is 1.86. The summed E-state index contributed by atoms with van der Waals surface area (Å²) >= 11 is 0. The maximum Gasteiger partial charge on any atom is 0.247 e. The zero-order chi connectivity index (χ0) is 4.41. The van der Waals surface area contributed by atoms with Gasteiger partial charge in [0.25, 0.3) is 0 Å². The predicted molar refractivity (Wildman–Crippen MR) is 19.5 cm³/mol. The van der Waals surface area contributed by atoms with Gasteiger partial charge in [-0.15, -0.1) is 4.67 Å². The predicted octanol–water partition coefficient (Wildman–Crippen LogP) is 0.691. The van der Waals surface area contributed by atoms with E-state index >= 15 is 0 Å². The Balaban J connectivity index is 2.37. The molecule has 0 aromatic heterocycles. The molecule has 6 heavy (non-hydrogen) atoms. The Labute approximate surface area is 36.0 Å². The Kier molecular flexibility index (Phi) is 1.15. The van der Waals surface area contributed by atoms with Crippen LogP contribution in [0, 0.1) is 0 Å². The van der Waals surface area contributed by atoms with Crippen molar-refractivity contribution in [3.63, 3.8) is 0 Å². The second kappa shape index (κ2) is 1.65. The molecule has 0 aromatic carbocycles. The molecule has 0 amide bonds. The highest BCUT2D eigenvalue weighted by atomic mass is 31.1. The van der Waals surface area contributed by atoms with E-state index in [0.717, 1.165) is 0 Å². The van der Waals surface area contributed by atoms with Gasteiger partial charge in [0.05, 0.1) is 12.8 Å². The van der Waals surface area contributed by atoms with Crippen LogP contribution in [-0.4, -0.2) is 12.8 Å². The Morgan fingerprint density at radius 2 is 2.50 bits per heavy atom. The standard InChI is InChI=1S/C2H4O3P/c3-6-2-1-4-5-6/h1-2H2. The first-order valence-corrected chi connectivity index (χ1v) is 3.00. The highest BCUT2D eigenvalue weighted by Gasteiger charge is 2.09. The van der Waals surface area contributed by atoms with Crippen LogP contribution in [0.2, 0.25) is 0 Å². The minimum absolute atomic E-state index is 0.481. The second-order valence-electron chi connectivity index (χ2n) is 0.953. The lowest BCUT2D eigenvalue weighted by Crippen LogP contribution is -1.76. The van der Waals surface area contributed by atoms with Gasteiger partial charge in [0.15, 0.2) is 0 Å². The summed E-state index contributed by atoms with van der Waals surface area (Å²) in [5.41, 5.74) is 0. The molecule has 0 N–H and O–H groups in total. The summed E-state index contributed by atoms with van der Waals surface area (Å²) < 4.78 is 14.2. The number of rotatable bonds is 0. The molecule has 1 aliphatic heterocycles. The molecule has 1 unspecified atom stereocenters. The van der Waals surface area contributed by atoms with Crippen molar-refractivity contribution < 1.29 is 14.1 Å². The van der Waals surface area contributed by atoms with Gasteiger partial charge in [-0.25, -0.2) is 4.89 Å². The van der Waals surface area contributed by atoms with Crippen molar-refractivity contribution in [3.8, 4) is 0 Å². The monoisotopic (exact) mass is 107 g/mol. The third kappa shape index (κ3) is 0.744. The summed E-state index contributed by atoms with van der Waals surface area (Å²) in [6, 6.07) is 0. The fraction of sp³-hybridized carbons (Fsp3) is 1.00. The molecule has 1 fully saturated rings. The maximum absolute atomic E-state index is 10.0. The van der Waals surface area contributed by atoms with Crippen molar-refractivity contribution in [1.82, 2.24) is 0 Å². The van der Waals surface area contributed by atoms with Crippen molar-refractivity contribution in [3.05, 3.63) is 0 Å². The lowest BCUT2D eigenvalue weighted by molar-refractivity contribution is -0.176. The Morgan fingerprint density at radius 3 is 2.67 bits per heavy atom. The lowest BCUT2D eigenvalue weighted by atomic mass is 10.9. The smallest absolute Gasteiger partial charge is 0.247 e. The van der Waals surface area contributed by atoms with Crippen LogP contribution in [0.25, 0.3) is 0 Å². The molecule has 0 aromatic rings. The summed E-state index contributed by atoms with van der Waals surface area (Å²) in [7, 11) is -1.44. The summed E-state index contributed by atoms with van der Waals surface area (Å²) in [5, 5.41) is 0. The molecule has 0 aliphatic carbocycles. The van der Waals surface area contributed by atoms with Crippen molar-refractivity contribution in [2.75, 3.05) is 12.8 Å². The molecule has 35 valence electrons. The van der Waals surface area contributed by atoms with Gasteiger partial charge in [-0.2, -0.15) is 0 Å². The summed E-state index contributed by atoms with van der Waals surface area (Å²) in [5.74, 6) is 0. The van der Waals surface area contributed by atoms with Crippen molar-refractivity contribution >= 4 is 8.03 Å². The molecular formula is C2H4O3P. The van der Waals surface area contributed by atoms with E-state index < -0.39 is 8.03 Å². The van der Waals surface area contributed by atoms with Gasteiger partial charge in [0.1, 0.15) is 0 Å². The molecule has 0 saturated carbocycles. The second-order valence-corrected chi connectivity index (χ2v) is 2.21. The van der Waals surface area contributed by atoms with Gasteiger partial charge >= 0.3 is 0 Å². The molecule has 3 nitrogen and oxygen atoms in total. The van der Waals surface area contributed by atoms with Crippen LogP contribution >= 0.6 is 8.03 Å². The van der Waals surface area contributed by atoms with E-state index in [1.807, 2.05) is 0 Å². The normalized spacial score (nSPS) is 28.3. The largest absolute Gasteiger partial charge is 0.253 e. The van der Waals surface area contributed by atoms with E-state index in [1.54, 1.807) is 0 Å². The highest BCUT2D eigenvalue weighted by Crippen LogP contribution is 2.26. The van der Waals surface area contributed by atoms with Gasteiger partial charge in [-0.05, 0) is 0 Å². The van der Waals surface area contributed by atoms with E-state index in [0.29, 0.717) is 12.8 Å². The number of hydrogen-bond donors (Lipinski definition) is 0. The Morgan fingerprint density at radius 1 is 1.67 bits per heavy atom.